The Morgan fingerprint density at radius 1 is 0.313 bits per heavy atom. The number of carbonyl (C=O) groups is 3. The zero-order chi connectivity index (χ0) is 48.6. The molecule has 1 atom stereocenters. The lowest BCUT2D eigenvalue weighted by molar-refractivity contribution is -0.167. The van der Waals surface area contributed by atoms with Crippen LogP contribution in [0.25, 0.3) is 0 Å². The third kappa shape index (κ3) is 52.6. The minimum absolute atomic E-state index is 0.106. The minimum atomic E-state index is -0.810. The van der Waals surface area contributed by atoms with Gasteiger partial charge in [0.1, 0.15) is 13.2 Å². The standard InChI is InChI=1S/C61H98O6/c1-4-7-10-13-16-19-22-25-26-27-28-29-30-31-32-33-34-37-39-42-45-48-51-54-60(63)66-57-58(67-61(64)55-52-49-46-43-40-36-24-21-18-15-12-9-6-3)56-65-59(62)53-50-47-44-41-38-35-23-20-17-14-11-8-5-2/h7,9-10,12,16,18-21,23,25-26,28-29,31-32,34,36-37,40,58H,4-6,8,11,13-15,17,22,24,27,30,33,35,38-39,41-57H2,1-3H3/b10-7-,12-9-,19-16-,21-18-,23-20-,26-25-,29-28-,32-31-,37-34-,40-36-. The first-order valence-electron chi connectivity index (χ1n) is 27.0. The summed E-state index contributed by atoms with van der Waals surface area (Å²) in [6, 6.07) is 0. The van der Waals surface area contributed by atoms with Crippen LogP contribution < -0.4 is 0 Å². The van der Waals surface area contributed by atoms with Gasteiger partial charge in [-0.1, -0.05) is 200 Å². The molecule has 0 amide bonds. The van der Waals surface area contributed by atoms with Crippen LogP contribution in [-0.2, 0) is 28.6 Å². The lowest BCUT2D eigenvalue weighted by Crippen LogP contribution is -2.30. The first-order valence-corrected chi connectivity index (χ1v) is 27.0. The molecular formula is C61H98O6. The Kier molecular flexibility index (Phi) is 51.0. The molecule has 0 saturated carbocycles. The Balaban J connectivity index is 4.45. The van der Waals surface area contributed by atoms with Crippen molar-refractivity contribution in [1.29, 1.82) is 0 Å². The lowest BCUT2D eigenvalue weighted by Gasteiger charge is -2.18. The number of carbonyl (C=O) groups excluding carboxylic acids is 3. The smallest absolute Gasteiger partial charge is 0.306 e. The number of ether oxygens (including phenoxy) is 3. The first kappa shape index (κ1) is 62.8. The molecule has 0 rings (SSSR count). The summed E-state index contributed by atoms with van der Waals surface area (Å²) < 4.78 is 16.8. The molecule has 0 aliphatic carbocycles. The van der Waals surface area contributed by atoms with Crippen LogP contribution in [-0.4, -0.2) is 37.2 Å². The van der Waals surface area contributed by atoms with E-state index in [9.17, 15) is 14.4 Å². The molecule has 0 bridgehead atoms. The minimum Gasteiger partial charge on any atom is -0.462 e. The normalized spacial score (nSPS) is 13.1. The van der Waals surface area contributed by atoms with E-state index in [0.29, 0.717) is 12.8 Å². The van der Waals surface area contributed by atoms with E-state index >= 15 is 0 Å². The van der Waals surface area contributed by atoms with Gasteiger partial charge in [-0.2, -0.15) is 0 Å². The molecule has 0 aromatic heterocycles. The fourth-order valence-corrected chi connectivity index (χ4v) is 6.92. The summed E-state index contributed by atoms with van der Waals surface area (Å²) in [4.78, 5) is 38.0. The second-order valence-corrected chi connectivity index (χ2v) is 17.4. The molecule has 0 aliphatic rings. The van der Waals surface area contributed by atoms with Gasteiger partial charge in [-0.05, 0) is 128 Å². The summed E-state index contributed by atoms with van der Waals surface area (Å²) in [5.74, 6) is -0.976. The van der Waals surface area contributed by atoms with E-state index in [1.807, 2.05) is 0 Å². The van der Waals surface area contributed by atoms with Gasteiger partial charge in [0.2, 0.25) is 0 Å². The highest BCUT2D eigenvalue weighted by molar-refractivity contribution is 5.71. The van der Waals surface area contributed by atoms with Crippen LogP contribution in [0.4, 0.5) is 0 Å². The van der Waals surface area contributed by atoms with E-state index < -0.39 is 6.10 Å². The molecule has 0 saturated heterocycles. The molecule has 0 fully saturated rings. The first-order chi connectivity index (χ1) is 33.0. The third-order valence-electron chi connectivity index (χ3n) is 10.9. The fraction of sp³-hybridized carbons (Fsp3) is 0.623. The van der Waals surface area contributed by atoms with Crippen molar-refractivity contribution in [3.63, 3.8) is 0 Å². The number of rotatable bonds is 47. The maximum Gasteiger partial charge on any atom is 0.306 e. The van der Waals surface area contributed by atoms with Gasteiger partial charge in [0, 0.05) is 19.3 Å². The zero-order valence-electron chi connectivity index (χ0n) is 43.1. The Morgan fingerprint density at radius 3 is 0.940 bits per heavy atom. The van der Waals surface area contributed by atoms with Gasteiger partial charge >= 0.3 is 17.9 Å². The molecule has 67 heavy (non-hydrogen) atoms. The Labute approximate surface area is 412 Å². The SMILES string of the molecule is CC/C=C\C/C=C\C/C=C\C/C=C\C/C=C\C/C=C\CCCCCCC(=O)OCC(COC(=O)CCCCCCC/C=C\CCCCCC)OC(=O)CCCCC/C=C\C/C=C\C/C=C\CC. The number of unbranched alkanes of at least 4 members (excludes halogenated alkanes) is 16. The number of allylic oxidation sites excluding steroid dienone is 20. The van der Waals surface area contributed by atoms with Gasteiger partial charge in [0.25, 0.3) is 0 Å². The quantitative estimate of drug-likeness (QED) is 0.0262. The predicted molar refractivity (Wildman–Crippen MR) is 288 cm³/mol. The highest BCUT2D eigenvalue weighted by atomic mass is 16.6. The molecule has 6 heteroatoms. The molecule has 1 unspecified atom stereocenters. The molecular weight excluding hydrogens is 829 g/mol. The van der Waals surface area contributed by atoms with Crippen LogP contribution in [0.1, 0.15) is 226 Å². The van der Waals surface area contributed by atoms with Crippen LogP contribution in [0.5, 0.6) is 0 Å². The highest BCUT2D eigenvalue weighted by Crippen LogP contribution is 2.12. The van der Waals surface area contributed by atoms with Crippen molar-refractivity contribution in [3.05, 3.63) is 122 Å². The average Bonchev–Trinajstić information content (AvgIpc) is 3.33. The molecule has 6 nitrogen and oxygen atoms in total. The summed E-state index contributed by atoms with van der Waals surface area (Å²) in [5, 5.41) is 0. The van der Waals surface area contributed by atoms with Crippen LogP contribution in [0.15, 0.2) is 122 Å². The summed E-state index contributed by atoms with van der Waals surface area (Å²) in [6.45, 7) is 6.32. The van der Waals surface area contributed by atoms with Gasteiger partial charge in [0.15, 0.2) is 6.10 Å². The van der Waals surface area contributed by atoms with Gasteiger partial charge < -0.3 is 14.2 Å². The molecule has 0 aromatic rings. The maximum atomic E-state index is 12.8. The van der Waals surface area contributed by atoms with Crippen molar-refractivity contribution in [2.45, 2.75) is 232 Å². The molecule has 0 N–H and O–H groups in total. The lowest BCUT2D eigenvalue weighted by atomic mass is 10.1. The predicted octanol–water partition coefficient (Wildman–Crippen LogP) is 18.1. The van der Waals surface area contributed by atoms with E-state index in [4.69, 9.17) is 14.2 Å². The molecule has 0 aliphatic heterocycles. The molecule has 0 radical (unpaired) electrons. The van der Waals surface area contributed by atoms with E-state index in [2.05, 4.69) is 142 Å². The highest BCUT2D eigenvalue weighted by Gasteiger charge is 2.19. The third-order valence-corrected chi connectivity index (χ3v) is 10.9. The van der Waals surface area contributed by atoms with Crippen LogP contribution in [0, 0.1) is 0 Å². The Morgan fingerprint density at radius 2 is 0.582 bits per heavy atom. The maximum absolute atomic E-state index is 12.8. The summed E-state index contributed by atoms with van der Waals surface area (Å²) in [7, 11) is 0. The molecule has 0 spiro atoms. The van der Waals surface area contributed by atoms with Crippen molar-refractivity contribution in [1.82, 2.24) is 0 Å². The van der Waals surface area contributed by atoms with Crippen LogP contribution in [0.2, 0.25) is 0 Å². The monoisotopic (exact) mass is 927 g/mol. The van der Waals surface area contributed by atoms with Gasteiger partial charge in [-0.15, -0.1) is 0 Å². The van der Waals surface area contributed by atoms with E-state index in [1.165, 1.54) is 38.5 Å². The Bertz CT molecular complexity index is 1440. The van der Waals surface area contributed by atoms with Crippen molar-refractivity contribution in [2.24, 2.45) is 0 Å². The molecule has 378 valence electrons. The van der Waals surface area contributed by atoms with E-state index in [0.717, 1.165) is 148 Å². The second-order valence-electron chi connectivity index (χ2n) is 17.4. The van der Waals surface area contributed by atoms with Crippen molar-refractivity contribution < 1.29 is 28.6 Å². The Hall–Kier alpha value is -4.19. The zero-order valence-corrected chi connectivity index (χ0v) is 43.1. The number of esters is 3. The molecule has 0 aromatic carbocycles. The summed E-state index contributed by atoms with van der Waals surface area (Å²) >= 11 is 0. The summed E-state index contributed by atoms with van der Waals surface area (Å²) in [5.41, 5.74) is 0. The van der Waals surface area contributed by atoms with E-state index in [1.54, 1.807) is 0 Å². The molecule has 0 heterocycles. The average molecular weight is 927 g/mol. The topological polar surface area (TPSA) is 78.9 Å². The number of hydrogen-bond donors (Lipinski definition) is 0. The van der Waals surface area contributed by atoms with Crippen LogP contribution >= 0.6 is 0 Å². The number of hydrogen-bond acceptors (Lipinski definition) is 6. The van der Waals surface area contributed by atoms with Crippen molar-refractivity contribution in [3.8, 4) is 0 Å². The van der Waals surface area contributed by atoms with Crippen molar-refractivity contribution in [2.75, 3.05) is 13.2 Å². The second kappa shape index (κ2) is 54.4. The summed E-state index contributed by atoms with van der Waals surface area (Å²) in [6.07, 6.45) is 74.7. The fourth-order valence-electron chi connectivity index (χ4n) is 6.92. The van der Waals surface area contributed by atoms with Gasteiger partial charge in [0.05, 0.1) is 0 Å². The largest absolute Gasteiger partial charge is 0.462 e. The van der Waals surface area contributed by atoms with Crippen LogP contribution in [0.3, 0.4) is 0 Å². The van der Waals surface area contributed by atoms with Gasteiger partial charge in [-0.3, -0.25) is 14.4 Å². The van der Waals surface area contributed by atoms with Gasteiger partial charge in [-0.25, -0.2) is 0 Å². The van der Waals surface area contributed by atoms with Crippen molar-refractivity contribution >= 4 is 17.9 Å². The van der Waals surface area contributed by atoms with E-state index in [-0.39, 0.29) is 37.5 Å².